The van der Waals surface area contributed by atoms with Gasteiger partial charge in [-0.3, -0.25) is 9.20 Å². The minimum atomic E-state index is -0.134. The zero-order valence-corrected chi connectivity index (χ0v) is 11.0. The Kier molecular flexibility index (Phi) is 3.20. The molecule has 0 saturated carbocycles. The summed E-state index contributed by atoms with van der Waals surface area (Å²) in [6.07, 6.45) is 4.04. The van der Waals surface area contributed by atoms with Gasteiger partial charge in [-0.15, -0.1) is 10.2 Å². The lowest BCUT2D eigenvalue weighted by Gasteiger charge is -2.03. The predicted molar refractivity (Wildman–Crippen MR) is 72.5 cm³/mol. The van der Waals surface area contributed by atoms with E-state index in [2.05, 4.69) is 15.5 Å². The zero-order valence-electron chi connectivity index (χ0n) is 11.0. The van der Waals surface area contributed by atoms with Crippen LogP contribution in [0.25, 0.3) is 5.65 Å². The Morgan fingerprint density at radius 1 is 1.35 bits per heavy atom. The number of pyridine rings is 1. The molecular weight excluding hydrogens is 256 g/mol. The van der Waals surface area contributed by atoms with Crippen LogP contribution in [0.2, 0.25) is 0 Å². The number of carbonyl (C=O) groups excluding carboxylic acids is 1. The van der Waals surface area contributed by atoms with Crippen molar-refractivity contribution in [1.82, 2.24) is 19.9 Å². The summed E-state index contributed by atoms with van der Waals surface area (Å²) in [5, 5.41) is 11.0. The average molecular weight is 270 g/mol. The van der Waals surface area contributed by atoms with Crippen LogP contribution in [0.1, 0.15) is 21.9 Å². The number of nitrogens with one attached hydrogen (secondary N) is 1. The predicted octanol–water partition coefficient (Wildman–Crippen LogP) is 1.60. The molecule has 3 aromatic rings. The van der Waals surface area contributed by atoms with E-state index in [1.54, 1.807) is 13.0 Å². The molecule has 0 aromatic carbocycles. The molecule has 3 heterocycles. The van der Waals surface area contributed by atoms with Gasteiger partial charge >= 0.3 is 0 Å². The lowest BCUT2D eigenvalue weighted by Crippen LogP contribution is -2.26. The molecule has 0 aliphatic rings. The molecule has 1 N–H and O–H groups in total. The number of amides is 1. The van der Waals surface area contributed by atoms with Gasteiger partial charge < -0.3 is 9.73 Å². The number of carbonyl (C=O) groups is 1. The standard InChI is InChI=1S/C14H14N4O2/c1-10-11(6-9-20-10)14(19)15-7-5-13-17-16-12-4-2-3-8-18(12)13/h2-4,6,8-9H,5,7H2,1H3,(H,15,19). The fourth-order valence-electron chi connectivity index (χ4n) is 2.06. The minimum absolute atomic E-state index is 0.134. The molecule has 102 valence electrons. The first-order chi connectivity index (χ1) is 9.75. The van der Waals surface area contributed by atoms with Crippen LogP contribution in [0.15, 0.2) is 41.1 Å². The summed E-state index contributed by atoms with van der Waals surface area (Å²) in [7, 11) is 0. The second-order valence-electron chi connectivity index (χ2n) is 4.44. The third kappa shape index (κ3) is 2.27. The average Bonchev–Trinajstić information content (AvgIpc) is 3.05. The van der Waals surface area contributed by atoms with Gasteiger partial charge in [-0.2, -0.15) is 0 Å². The first kappa shape index (κ1) is 12.4. The van der Waals surface area contributed by atoms with E-state index in [1.165, 1.54) is 6.26 Å². The summed E-state index contributed by atoms with van der Waals surface area (Å²) in [5.41, 5.74) is 1.37. The first-order valence-corrected chi connectivity index (χ1v) is 6.36. The highest BCUT2D eigenvalue weighted by atomic mass is 16.3. The van der Waals surface area contributed by atoms with Crippen molar-refractivity contribution < 1.29 is 9.21 Å². The SMILES string of the molecule is Cc1occc1C(=O)NCCc1nnc2ccccn12. The van der Waals surface area contributed by atoms with Gasteiger partial charge in [-0.25, -0.2) is 0 Å². The van der Waals surface area contributed by atoms with E-state index in [9.17, 15) is 4.79 Å². The van der Waals surface area contributed by atoms with E-state index in [0.29, 0.717) is 24.3 Å². The molecule has 0 aliphatic heterocycles. The molecule has 3 rings (SSSR count). The van der Waals surface area contributed by atoms with Crippen LogP contribution >= 0.6 is 0 Å². The van der Waals surface area contributed by atoms with Crippen molar-refractivity contribution in [1.29, 1.82) is 0 Å². The topological polar surface area (TPSA) is 72.4 Å². The Bertz CT molecular complexity index is 744. The number of fused-ring (bicyclic) bond motifs is 1. The maximum atomic E-state index is 11.9. The highest BCUT2D eigenvalue weighted by Gasteiger charge is 2.11. The van der Waals surface area contributed by atoms with E-state index in [0.717, 1.165) is 11.5 Å². The van der Waals surface area contributed by atoms with Gasteiger partial charge in [-0.05, 0) is 25.1 Å². The van der Waals surface area contributed by atoms with Crippen LogP contribution in [-0.4, -0.2) is 27.0 Å². The molecule has 0 radical (unpaired) electrons. The van der Waals surface area contributed by atoms with E-state index in [1.807, 2.05) is 28.8 Å². The van der Waals surface area contributed by atoms with Crippen LogP contribution in [0.5, 0.6) is 0 Å². The normalized spacial score (nSPS) is 10.8. The van der Waals surface area contributed by atoms with E-state index >= 15 is 0 Å². The highest BCUT2D eigenvalue weighted by Crippen LogP contribution is 2.08. The van der Waals surface area contributed by atoms with Gasteiger partial charge in [0.1, 0.15) is 11.6 Å². The summed E-state index contributed by atoms with van der Waals surface area (Å²) in [6.45, 7) is 2.26. The quantitative estimate of drug-likeness (QED) is 0.781. The van der Waals surface area contributed by atoms with Gasteiger partial charge in [0.05, 0.1) is 11.8 Å². The van der Waals surface area contributed by atoms with Crippen LogP contribution in [-0.2, 0) is 6.42 Å². The number of furan rings is 1. The largest absolute Gasteiger partial charge is 0.469 e. The number of hydrogen-bond donors (Lipinski definition) is 1. The number of hydrogen-bond acceptors (Lipinski definition) is 4. The molecule has 6 heteroatoms. The lowest BCUT2D eigenvalue weighted by molar-refractivity contribution is 0.0952. The Morgan fingerprint density at radius 2 is 2.25 bits per heavy atom. The third-order valence-corrected chi connectivity index (χ3v) is 3.12. The highest BCUT2D eigenvalue weighted by molar-refractivity contribution is 5.94. The summed E-state index contributed by atoms with van der Waals surface area (Å²) in [5.74, 6) is 1.31. The maximum absolute atomic E-state index is 11.9. The van der Waals surface area contributed by atoms with Gasteiger partial charge in [0, 0.05) is 19.2 Å². The number of aryl methyl sites for hydroxylation is 1. The molecule has 0 unspecified atom stereocenters. The first-order valence-electron chi connectivity index (χ1n) is 6.36. The molecule has 1 amide bonds. The number of aromatic nitrogens is 3. The van der Waals surface area contributed by atoms with Crippen molar-refractivity contribution in [2.45, 2.75) is 13.3 Å². The van der Waals surface area contributed by atoms with E-state index in [4.69, 9.17) is 4.42 Å². The van der Waals surface area contributed by atoms with Gasteiger partial charge in [-0.1, -0.05) is 6.07 Å². The monoisotopic (exact) mass is 270 g/mol. The number of nitrogens with zero attached hydrogens (tertiary/aromatic N) is 3. The van der Waals surface area contributed by atoms with Crippen LogP contribution in [0.4, 0.5) is 0 Å². The van der Waals surface area contributed by atoms with Crippen LogP contribution < -0.4 is 5.32 Å². The molecule has 3 aromatic heterocycles. The third-order valence-electron chi connectivity index (χ3n) is 3.12. The van der Waals surface area contributed by atoms with E-state index < -0.39 is 0 Å². The lowest BCUT2D eigenvalue weighted by atomic mass is 10.2. The molecule has 20 heavy (non-hydrogen) atoms. The molecule has 0 aliphatic carbocycles. The fourth-order valence-corrected chi connectivity index (χ4v) is 2.06. The van der Waals surface area contributed by atoms with Crippen LogP contribution in [0.3, 0.4) is 0 Å². The maximum Gasteiger partial charge on any atom is 0.254 e. The second-order valence-corrected chi connectivity index (χ2v) is 4.44. The zero-order chi connectivity index (χ0) is 13.9. The molecule has 0 fully saturated rings. The van der Waals surface area contributed by atoms with Gasteiger partial charge in [0.15, 0.2) is 5.65 Å². The van der Waals surface area contributed by atoms with Crippen molar-refractivity contribution in [3.8, 4) is 0 Å². The summed E-state index contributed by atoms with van der Waals surface area (Å²) in [4.78, 5) is 11.9. The molecule has 0 atom stereocenters. The van der Waals surface area contributed by atoms with Crippen molar-refractivity contribution in [3.05, 3.63) is 53.9 Å². The second kappa shape index (κ2) is 5.16. The Labute approximate surface area is 115 Å². The van der Waals surface area contributed by atoms with Crippen molar-refractivity contribution >= 4 is 11.6 Å². The Morgan fingerprint density at radius 3 is 3.05 bits per heavy atom. The van der Waals surface area contributed by atoms with E-state index in [-0.39, 0.29) is 5.91 Å². The van der Waals surface area contributed by atoms with Gasteiger partial charge in [0.2, 0.25) is 0 Å². The Balaban J connectivity index is 1.63. The summed E-state index contributed by atoms with van der Waals surface area (Å²) >= 11 is 0. The molecule has 6 nitrogen and oxygen atoms in total. The number of rotatable bonds is 4. The molecule has 0 bridgehead atoms. The van der Waals surface area contributed by atoms with Crippen LogP contribution in [0, 0.1) is 6.92 Å². The molecular formula is C14H14N4O2. The minimum Gasteiger partial charge on any atom is -0.469 e. The Hall–Kier alpha value is -2.63. The van der Waals surface area contributed by atoms with Gasteiger partial charge in [0.25, 0.3) is 5.91 Å². The smallest absolute Gasteiger partial charge is 0.254 e. The summed E-state index contributed by atoms with van der Waals surface area (Å²) in [6, 6.07) is 7.39. The molecule has 0 spiro atoms. The summed E-state index contributed by atoms with van der Waals surface area (Å²) < 4.78 is 7.02. The molecule has 0 saturated heterocycles. The van der Waals surface area contributed by atoms with Crippen molar-refractivity contribution in [2.24, 2.45) is 0 Å². The van der Waals surface area contributed by atoms with Crippen molar-refractivity contribution in [2.75, 3.05) is 6.54 Å². The fraction of sp³-hybridized carbons (Fsp3) is 0.214. The van der Waals surface area contributed by atoms with Crippen molar-refractivity contribution in [3.63, 3.8) is 0 Å².